The fourth-order valence-corrected chi connectivity index (χ4v) is 1.67. The van der Waals surface area contributed by atoms with E-state index in [-0.39, 0.29) is 5.91 Å². The molecule has 6 nitrogen and oxygen atoms in total. The van der Waals surface area contributed by atoms with Crippen LogP contribution < -0.4 is 5.32 Å². The third-order valence-electron chi connectivity index (χ3n) is 2.75. The number of aromatic amines is 1. The summed E-state index contributed by atoms with van der Waals surface area (Å²) in [5.74, 6) is -0.726. The number of carbonyl (C=O) groups excluding carboxylic acids is 2. The molecular formula is C13H13N3O3. The Morgan fingerprint density at radius 1 is 1.37 bits per heavy atom. The first kappa shape index (κ1) is 12.8. The van der Waals surface area contributed by atoms with Gasteiger partial charge in [0.1, 0.15) is 0 Å². The van der Waals surface area contributed by atoms with Crippen LogP contribution >= 0.6 is 0 Å². The number of nitrogens with zero attached hydrogens (tertiary/aromatic N) is 1. The van der Waals surface area contributed by atoms with E-state index in [1.807, 2.05) is 0 Å². The van der Waals surface area contributed by atoms with Gasteiger partial charge in [0.05, 0.1) is 24.4 Å². The standard InChI is InChI=1S/C13H13N3O3/c1-8-10(13(18)19-2)4-3-5-11(8)16-12(17)9-6-14-15-7-9/h3-7H,1-2H3,(H,14,15)(H,16,17). The SMILES string of the molecule is COC(=O)c1cccc(NC(=O)c2cn[nH]c2)c1C. The van der Waals surface area contributed by atoms with E-state index in [0.717, 1.165) is 0 Å². The smallest absolute Gasteiger partial charge is 0.338 e. The summed E-state index contributed by atoms with van der Waals surface area (Å²) in [5.41, 5.74) is 2.07. The minimum atomic E-state index is -0.433. The van der Waals surface area contributed by atoms with Gasteiger partial charge in [0.15, 0.2) is 0 Å². The van der Waals surface area contributed by atoms with E-state index in [9.17, 15) is 9.59 Å². The van der Waals surface area contributed by atoms with Crippen LogP contribution in [-0.2, 0) is 4.74 Å². The van der Waals surface area contributed by atoms with Crippen LogP contribution in [-0.4, -0.2) is 29.2 Å². The van der Waals surface area contributed by atoms with Gasteiger partial charge in [-0.15, -0.1) is 0 Å². The van der Waals surface area contributed by atoms with Gasteiger partial charge in [-0.2, -0.15) is 5.10 Å². The van der Waals surface area contributed by atoms with E-state index in [4.69, 9.17) is 0 Å². The normalized spacial score (nSPS) is 10.0. The quantitative estimate of drug-likeness (QED) is 0.822. The monoisotopic (exact) mass is 259 g/mol. The van der Waals surface area contributed by atoms with Gasteiger partial charge >= 0.3 is 5.97 Å². The molecule has 0 fully saturated rings. The van der Waals surface area contributed by atoms with Gasteiger partial charge in [0.25, 0.3) is 5.91 Å². The summed E-state index contributed by atoms with van der Waals surface area (Å²) >= 11 is 0. The number of carbonyl (C=O) groups is 2. The number of amides is 1. The Morgan fingerprint density at radius 2 is 2.16 bits per heavy atom. The highest BCUT2D eigenvalue weighted by atomic mass is 16.5. The third kappa shape index (κ3) is 2.62. The predicted molar refractivity (Wildman–Crippen MR) is 69.1 cm³/mol. The fraction of sp³-hybridized carbons (Fsp3) is 0.154. The van der Waals surface area contributed by atoms with Gasteiger partial charge in [-0.25, -0.2) is 4.79 Å². The number of rotatable bonds is 3. The molecule has 19 heavy (non-hydrogen) atoms. The minimum absolute atomic E-state index is 0.293. The zero-order valence-corrected chi connectivity index (χ0v) is 10.6. The predicted octanol–water partition coefficient (Wildman–Crippen LogP) is 1.76. The van der Waals surface area contributed by atoms with Crippen LogP contribution in [0.1, 0.15) is 26.3 Å². The lowest BCUT2D eigenvalue weighted by Gasteiger charge is -2.10. The van der Waals surface area contributed by atoms with Crippen molar-refractivity contribution in [3.63, 3.8) is 0 Å². The molecule has 0 aliphatic rings. The molecule has 0 bridgehead atoms. The molecule has 0 aliphatic carbocycles. The molecule has 0 unspecified atom stereocenters. The van der Waals surface area contributed by atoms with Crippen LogP contribution in [0, 0.1) is 6.92 Å². The lowest BCUT2D eigenvalue weighted by Crippen LogP contribution is -2.13. The number of methoxy groups -OCH3 is 1. The molecule has 2 N–H and O–H groups in total. The average molecular weight is 259 g/mol. The number of aromatic nitrogens is 2. The molecule has 1 heterocycles. The third-order valence-corrected chi connectivity index (χ3v) is 2.75. The van der Waals surface area contributed by atoms with Crippen molar-refractivity contribution < 1.29 is 14.3 Å². The van der Waals surface area contributed by atoms with Gasteiger partial charge in [-0.1, -0.05) is 6.07 Å². The lowest BCUT2D eigenvalue weighted by atomic mass is 10.1. The van der Waals surface area contributed by atoms with E-state index < -0.39 is 5.97 Å². The number of ether oxygens (including phenoxy) is 1. The van der Waals surface area contributed by atoms with Gasteiger partial charge in [-0.05, 0) is 24.6 Å². The van der Waals surface area contributed by atoms with Crippen molar-refractivity contribution in [2.45, 2.75) is 6.92 Å². The summed E-state index contributed by atoms with van der Waals surface area (Å²) in [7, 11) is 1.32. The van der Waals surface area contributed by atoms with Crippen molar-refractivity contribution in [1.82, 2.24) is 10.2 Å². The summed E-state index contributed by atoms with van der Waals surface area (Å²) in [6, 6.07) is 5.05. The Bertz CT molecular complexity index is 606. The van der Waals surface area contributed by atoms with Crippen LogP contribution in [0.2, 0.25) is 0 Å². The number of hydrogen-bond acceptors (Lipinski definition) is 4. The van der Waals surface area contributed by atoms with Gasteiger partial charge in [0, 0.05) is 11.9 Å². The van der Waals surface area contributed by atoms with Crippen molar-refractivity contribution in [3.05, 3.63) is 47.3 Å². The first-order valence-electron chi connectivity index (χ1n) is 5.61. The molecule has 0 spiro atoms. The number of H-pyrrole nitrogens is 1. The van der Waals surface area contributed by atoms with E-state index in [1.54, 1.807) is 25.1 Å². The summed E-state index contributed by atoms with van der Waals surface area (Å²) in [6.07, 6.45) is 2.92. The maximum Gasteiger partial charge on any atom is 0.338 e. The van der Waals surface area contributed by atoms with E-state index in [1.165, 1.54) is 19.5 Å². The molecule has 0 aliphatic heterocycles. The molecule has 0 radical (unpaired) electrons. The number of anilines is 1. The summed E-state index contributed by atoms with van der Waals surface area (Å²) in [4.78, 5) is 23.4. The van der Waals surface area contributed by atoms with Crippen LogP contribution in [0.5, 0.6) is 0 Å². The molecule has 0 saturated heterocycles. The van der Waals surface area contributed by atoms with Crippen molar-refractivity contribution in [2.24, 2.45) is 0 Å². The first-order chi connectivity index (χ1) is 9.13. The molecule has 1 aromatic heterocycles. The van der Waals surface area contributed by atoms with Gasteiger partial charge in [0.2, 0.25) is 0 Å². The highest BCUT2D eigenvalue weighted by Gasteiger charge is 2.14. The highest BCUT2D eigenvalue weighted by molar-refractivity contribution is 6.05. The van der Waals surface area contributed by atoms with Crippen LogP contribution in [0.3, 0.4) is 0 Å². The molecule has 1 amide bonds. The molecule has 1 aromatic carbocycles. The Hall–Kier alpha value is -2.63. The maximum absolute atomic E-state index is 11.9. The van der Waals surface area contributed by atoms with Gasteiger partial charge in [-0.3, -0.25) is 9.89 Å². The molecule has 2 rings (SSSR count). The second kappa shape index (κ2) is 5.34. The zero-order valence-electron chi connectivity index (χ0n) is 10.6. The number of esters is 1. The van der Waals surface area contributed by atoms with Crippen molar-refractivity contribution in [3.8, 4) is 0 Å². The van der Waals surface area contributed by atoms with E-state index >= 15 is 0 Å². The van der Waals surface area contributed by atoms with Crippen molar-refractivity contribution >= 4 is 17.6 Å². The zero-order chi connectivity index (χ0) is 13.8. The van der Waals surface area contributed by atoms with Gasteiger partial charge < -0.3 is 10.1 Å². The topological polar surface area (TPSA) is 84.1 Å². The molecule has 6 heteroatoms. The summed E-state index contributed by atoms with van der Waals surface area (Å²) in [5, 5.41) is 9.00. The minimum Gasteiger partial charge on any atom is -0.465 e. The van der Waals surface area contributed by atoms with Crippen LogP contribution in [0.15, 0.2) is 30.6 Å². The Labute approximate surface area is 109 Å². The molecule has 0 atom stereocenters. The average Bonchev–Trinajstić information content (AvgIpc) is 2.94. The largest absolute Gasteiger partial charge is 0.465 e. The second-order valence-corrected chi connectivity index (χ2v) is 3.91. The summed E-state index contributed by atoms with van der Waals surface area (Å²) < 4.78 is 4.68. The van der Waals surface area contributed by atoms with Crippen LogP contribution in [0.25, 0.3) is 0 Å². The highest BCUT2D eigenvalue weighted by Crippen LogP contribution is 2.20. The number of benzene rings is 1. The van der Waals surface area contributed by atoms with Crippen molar-refractivity contribution in [1.29, 1.82) is 0 Å². The molecule has 98 valence electrons. The summed E-state index contributed by atoms with van der Waals surface area (Å²) in [6.45, 7) is 1.75. The van der Waals surface area contributed by atoms with E-state index in [2.05, 4.69) is 20.3 Å². The number of nitrogens with one attached hydrogen (secondary N) is 2. The Balaban J connectivity index is 2.26. The lowest BCUT2D eigenvalue weighted by molar-refractivity contribution is 0.0599. The van der Waals surface area contributed by atoms with E-state index in [0.29, 0.717) is 22.4 Å². The Kier molecular flexibility index (Phi) is 3.61. The molecule has 2 aromatic rings. The first-order valence-corrected chi connectivity index (χ1v) is 5.61. The van der Waals surface area contributed by atoms with Crippen LogP contribution in [0.4, 0.5) is 5.69 Å². The fourth-order valence-electron chi connectivity index (χ4n) is 1.67. The molecular weight excluding hydrogens is 246 g/mol. The second-order valence-electron chi connectivity index (χ2n) is 3.91. The molecule has 0 saturated carbocycles. The number of hydrogen-bond donors (Lipinski definition) is 2. The Morgan fingerprint density at radius 3 is 2.79 bits per heavy atom. The maximum atomic E-state index is 11.9. The van der Waals surface area contributed by atoms with Crippen molar-refractivity contribution in [2.75, 3.05) is 12.4 Å².